The van der Waals surface area contributed by atoms with Crippen molar-refractivity contribution in [2.24, 2.45) is 0 Å². The molecule has 0 heterocycles. The molecule has 0 amide bonds. The van der Waals surface area contributed by atoms with Crippen LogP contribution >= 0.6 is 45.2 Å². The fraction of sp³-hybridized carbons (Fsp3) is 0.300. The molecule has 14 heteroatoms. The van der Waals surface area contributed by atoms with Gasteiger partial charge in [0.1, 0.15) is 11.3 Å². The Labute approximate surface area is 158 Å². The van der Waals surface area contributed by atoms with Gasteiger partial charge in [0.15, 0.2) is 10.1 Å². The van der Waals surface area contributed by atoms with Gasteiger partial charge in [0, 0.05) is 3.57 Å². The zero-order valence-electron chi connectivity index (χ0n) is 10.8. The zero-order chi connectivity index (χ0) is 19.1. The number of aromatic hydroxyl groups is 1. The van der Waals surface area contributed by atoms with Crippen molar-refractivity contribution in [3.05, 3.63) is 24.8 Å². The minimum absolute atomic E-state index is 0.00165. The van der Waals surface area contributed by atoms with Crippen LogP contribution in [0.4, 0.5) is 22.0 Å². The third-order valence-corrected chi connectivity index (χ3v) is 4.73. The van der Waals surface area contributed by atoms with E-state index in [1.807, 2.05) is 0 Å². The summed E-state index contributed by atoms with van der Waals surface area (Å²) in [6, 6.07) is 2.14. The molecule has 0 aromatic heterocycles. The van der Waals surface area contributed by atoms with Gasteiger partial charge < -0.3 is 14.4 Å². The van der Waals surface area contributed by atoms with Crippen LogP contribution in [0.2, 0.25) is 0 Å². The van der Waals surface area contributed by atoms with Crippen LogP contribution in [0, 0.1) is 7.14 Å². The minimum atomic E-state index is -6.79. The molecule has 0 saturated heterocycles. The number of phenols is 1. The van der Waals surface area contributed by atoms with Crippen LogP contribution in [0.5, 0.6) is 5.75 Å². The van der Waals surface area contributed by atoms with E-state index in [1.165, 1.54) is 28.7 Å². The normalized spacial score (nSPS) is 14.3. The predicted molar refractivity (Wildman–Crippen MR) is 83.4 cm³/mol. The van der Waals surface area contributed by atoms with Crippen LogP contribution in [0.15, 0.2) is 12.1 Å². The second kappa shape index (κ2) is 7.02. The van der Waals surface area contributed by atoms with Gasteiger partial charge in [-0.15, -0.1) is 0 Å². The fourth-order valence-corrected chi connectivity index (χ4v) is 3.64. The number of rotatable bonds is 4. The van der Waals surface area contributed by atoms with E-state index in [9.17, 15) is 44.8 Å². The van der Waals surface area contributed by atoms with Gasteiger partial charge in [-0.3, -0.25) is 0 Å². The van der Waals surface area contributed by atoms with E-state index in [-0.39, 0.29) is 7.14 Å². The quantitative estimate of drug-likeness (QED) is 0.247. The average molecular weight is 601 g/mol. The molecule has 136 valence electrons. The fourth-order valence-electron chi connectivity index (χ4n) is 1.35. The molecule has 0 bridgehead atoms. The molecule has 0 saturated carbocycles. The predicted octanol–water partition coefficient (Wildman–Crippen LogP) is 2.83. The Morgan fingerprint density at radius 1 is 1.21 bits per heavy atom. The SMILES string of the molecule is O=C(OC(C(F)(F)F)C(F)(F)S(=O)(=O)[O-])c1cc(I)cc(I)c1O. The Kier molecular flexibility index (Phi) is 6.31. The largest absolute Gasteiger partial charge is 0.743 e. The molecule has 0 fully saturated rings. The van der Waals surface area contributed by atoms with E-state index in [0.29, 0.717) is 0 Å². The second-order valence-electron chi connectivity index (χ2n) is 4.13. The van der Waals surface area contributed by atoms with Crippen LogP contribution in [0.1, 0.15) is 10.4 Å². The lowest BCUT2D eigenvalue weighted by atomic mass is 10.2. The minimum Gasteiger partial charge on any atom is -0.743 e. The van der Waals surface area contributed by atoms with Crippen LogP contribution in [-0.2, 0) is 14.9 Å². The Balaban J connectivity index is 3.35. The molecule has 1 aromatic carbocycles. The van der Waals surface area contributed by atoms with Crippen LogP contribution in [-0.4, -0.2) is 41.6 Å². The number of hydrogen-bond acceptors (Lipinski definition) is 6. The molecule has 0 aliphatic rings. The monoisotopic (exact) mass is 601 g/mol. The third kappa shape index (κ3) is 4.57. The van der Waals surface area contributed by atoms with Crippen molar-refractivity contribution in [3.8, 4) is 5.75 Å². The Hall–Kier alpha value is -0.490. The number of esters is 1. The van der Waals surface area contributed by atoms with E-state index >= 15 is 0 Å². The maximum absolute atomic E-state index is 13.3. The first-order chi connectivity index (χ1) is 10.6. The summed E-state index contributed by atoms with van der Waals surface area (Å²) >= 11 is 3.13. The molecular formula is C10H4F5I2O6S-. The van der Waals surface area contributed by atoms with Crippen molar-refractivity contribution in [2.75, 3.05) is 0 Å². The lowest BCUT2D eigenvalue weighted by Crippen LogP contribution is -2.52. The zero-order valence-corrected chi connectivity index (χ0v) is 15.9. The molecule has 0 spiro atoms. The van der Waals surface area contributed by atoms with E-state index in [2.05, 4.69) is 4.74 Å². The Bertz CT molecular complexity index is 764. The van der Waals surface area contributed by atoms with Gasteiger partial charge in [0.05, 0.1) is 3.57 Å². The number of ether oxygens (including phenoxy) is 1. The number of alkyl halides is 5. The summed E-state index contributed by atoms with van der Waals surface area (Å²) in [5.41, 5.74) is -0.903. The molecule has 0 aliphatic heterocycles. The summed E-state index contributed by atoms with van der Waals surface area (Å²) in [7, 11) is -6.79. The van der Waals surface area contributed by atoms with Gasteiger partial charge in [-0.2, -0.15) is 22.0 Å². The van der Waals surface area contributed by atoms with Crippen molar-refractivity contribution in [2.45, 2.75) is 17.5 Å². The lowest BCUT2D eigenvalue weighted by molar-refractivity contribution is -0.248. The van der Waals surface area contributed by atoms with Crippen molar-refractivity contribution in [1.29, 1.82) is 0 Å². The first kappa shape index (κ1) is 21.6. The smallest absolute Gasteiger partial charge is 0.432 e. The summed E-state index contributed by atoms with van der Waals surface area (Å²) in [5.74, 6) is -2.93. The van der Waals surface area contributed by atoms with Crippen molar-refractivity contribution >= 4 is 61.3 Å². The Morgan fingerprint density at radius 3 is 2.12 bits per heavy atom. The molecule has 0 aliphatic carbocycles. The maximum atomic E-state index is 13.3. The van der Waals surface area contributed by atoms with Crippen LogP contribution in [0.3, 0.4) is 0 Å². The van der Waals surface area contributed by atoms with E-state index in [4.69, 9.17) is 0 Å². The first-order valence-corrected chi connectivity index (χ1v) is 8.94. The third-order valence-electron chi connectivity index (χ3n) is 2.41. The highest BCUT2D eigenvalue weighted by Gasteiger charge is 2.63. The molecule has 1 unspecified atom stereocenters. The summed E-state index contributed by atoms with van der Waals surface area (Å²) in [6.45, 7) is 0. The highest BCUT2D eigenvalue weighted by molar-refractivity contribution is 14.1. The van der Waals surface area contributed by atoms with Crippen LogP contribution in [0.25, 0.3) is 0 Å². The highest BCUT2D eigenvalue weighted by Crippen LogP contribution is 2.39. The average Bonchev–Trinajstić information content (AvgIpc) is 2.36. The van der Waals surface area contributed by atoms with Gasteiger partial charge in [-0.05, 0) is 57.3 Å². The highest BCUT2D eigenvalue weighted by atomic mass is 127. The van der Waals surface area contributed by atoms with E-state index in [0.717, 1.165) is 6.07 Å². The summed E-state index contributed by atoms with van der Waals surface area (Å²) in [4.78, 5) is 11.7. The molecular weight excluding hydrogens is 597 g/mol. The topological polar surface area (TPSA) is 104 Å². The number of carbonyl (C=O) groups is 1. The maximum Gasteiger partial charge on any atom is 0.432 e. The molecule has 1 rings (SSSR count). The van der Waals surface area contributed by atoms with E-state index in [1.54, 1.807) is 22.6 Å². The first-order valence-electron chi connectivity index (χ1n) is 5.38. The number of phenolic OH excluding ortho intramolecular Hbond substituents is 1. The van der Waals surface area contributed by atoms with E-state index < -0.39 is 44.9 Å². The summed E-state index contributed by atoms with van der Waals surface area (Å²) < 4.78 is 99.4. The van der Waals surface area contributed by atoms with Crippen LogP contribution < -0.4 is 0 Å². The number of halogens is 7. The molecule has 1 N–H and O–H groups in total. The second-order valence-corrected chi connectivity index (χ2v) is 7.99. The van der Waals surface area contributed by atoms with Crippen molar-refractivity contribution in [1.82, 2.24) is 0 Å². The molecule has 6 nitrogen and oxygen atoms in total. The number of benzene rings is 1. The van der Waals surface area contributed by atoms with Gasteiger partial charge in [0.25, 0.3) is 6.10 Å². The summed E-state index contributed by atoms with van der Waals surface area (Å²) in [6.07, 6.45) is -10.6. The standard InChI is InChI=1S/C10H5F5I2O6S/c11-9(12,13)8(10(14,15)24(20,21)22)23-7(19)4-1-3(16)2-5(17)6(4)18/h1-2,8,18H,(H,20,21,22)/p-1. The molecule has 1 aromatic rings. The van der Waals surface area contributed by atoms with Crippen molar-refractivity contribution in [3.63, 3.8) is 0 Å². The number of hydrogen-bond donors (Lipinski definition) is 1. The summed E-state index contributed by atoms with van der Waals surface area (Å²) in [5, 5.41) is 3.66. The Morgan fingerprint density at radius 2 is 1.71 bits per heavy atom. The molecule has 0 radical (unpaired) electrons. The van der Waals surface area contributed by atoms with Gasteiger partial charge in [0.2, 0.25) is 0 Å². The molecule has 24 heavy (non-hydrogen) atoms. The van der Waals surface area contributed by atoms with Gasteiger partial charge in [-0.1, -0.05) is 0 Å². The van der Waals surface area contributed by atoms with Crippen molar-refractivity contribution < 1.29 is 49.6 Å². The molecule has 1 atom stereocenters. The van der Waals surface area contributed by atoms with Gasteiger partial charge in [-0.25, -0.2) is 13.2 Å². The lowest BCUT2D eigenvalue weighted by Gasteiger charge is -2.29. The number of carbonyl (C=O) groups excluding carboxylic acids is 1. The van der Waals surface area contributed by atoms with Gasteiger partial charge >= 0.3 is 17.4 Å².